The molecule has 0 aromatic heterocycles. The van der Waals surface area contributed by atoms with Crippen molar-refractivity contribution in [3.63, 3.8) is 0 Å². The Kier molecular flexibility index (Phi) is 4.49. The first-order chi connectivity index (χ1) is 9.47. The van der Waals surface area contributed by atoms with Crippen LogP contribution in [0.15, 0.2) is 24.3 Å². The number of Topliss-reactive ketones (excluding diaryl/α,β-unsaturated/α-hetero) is 1. The number of likely N-dealkylation sites (tertiary alicyclic amines) is 1. The molecule has 0 saturated carbocycles. The molecule has 2 rings (SSSR count). The Balaban J connectivity index is 1.97. The van der Waals surface area contributed by atoms with E-state index in [0.29, 0.717) is 11.3 Å². The van der Waals surface area contributed by atoms with Crippen molar-refractivity contribution < 1.29 is 19.8 Å². The number of para-hydroxylation sites is 1. The number of ketones is 1. The minimum absolute atomic E-state index is 0.0698. The number of nitrogens with zero attached hydrogens (tertiary/aromatic N) is 1. The van der Waals surface area contributed by atoms with Gasteiger partial charge in [0.05, 0.1) is 24.4 Å². The maximum absolute atomic E-state index is 11.9. The highest BCUT2D eigenvalue weighted by Crippen LogP contribution is 2.16. The summed E-state index contributed by atoms with van der Waals surface area (Å²) in [6.07, 6.45) is -1.63. The molecule has 1 fully saturated rings. The van der Waals surface area contributed by atoms with Crippen molar-refractivity contribution in [2.75, 3.05) is 25.0 Å². The second kappa shape index (κ2) is 6.13. The molecule has 3 N–H and O–H groups in total. The lowest BCUT2D eigenvalue weighted by Crippen LogP contribution is -2.32. The minimum Gasteiger partial charge on any atom is -0.389 e. The van der Waals surface area contributed by atoms with Crippen LogP contribution in [-0.4, -0.2) is 58.6 Å². The van der Waals surface area contributed by atoms with Crippen molar-refractivity contribution in [2.45, 2.75) is 19.1 Å². The van der Waals surface area contributed by atoms with E-state index < -0.39 is 12.2 Å². The smallest absolute Gasteiger partial charge is 0.238 e. The zero-order valence-corrected chi connectivity index (χ0v) is 11.2. The minimum atomic E-state index is -0.813. The molecule has 0 aliphatic carbocycles. The first-order valence-corrected chi connectivity index (χ1v) is 6.45. The molecule has 108 valence electrons. The lowest BCUT2D eigenvalue weighted by atomic mass is 10.1. The number of aliphatic hydroxyl groups is 2. The Morgan fingerprint density at radius 3 is 2.45 bits per heavy atom. The van der Waals surface area contributed by atoms with Gasteiger partial charge in [-0.05, 0) is 19.1 Å². The van der Waals surface area contributed by atoms with Gasteiger partial charge in [0.1, 0.15) is 0 Å². The van der Waals surface area contributed by atoms with E-state index in [1.165, 1.54) is 6.92 Å². The number of aliphatic hydroxyl groups excluding tert-OH is 2. The van der Waals surface area contributed by atoms with Gasteiger partial charge in [0, 0.05) is 18.7 Å². The molecule has 6 heteroatoms. The highest BCUT2D eigenvalue weighted by molar-refractivity contribution is 6.04. The Morgan fingerprint density at radius 2 is 1.85 bits per heavy atom. The molecule has 1 aliphatic heterocycles. The zero-order valence-electron chi connectivity index (χ0n) is 11.2. The number of hydrogen-bond donors (Lipinski definition) is 3. The van der Waals surface area contributed by atoms with Crippen molar-refractivity contribution in [2.24, 2.45) is 0 Å². The van der Waals surface area contributed by atoms with Crippen molar-refractivity contribution in [1.82, 2.24) is 4.90 Å². The highest BCUT2D eigenvalue weighted by atomic mass is 16.3. The normalized spacial score (nSPS) is 22.8. The molecule has 1 aromatic carbocycles. The second-order valence-corrected chi connectivity index (χ2v) is 4.98. The first kappa shape index (κ1) is 14.6. The van der Waals surface area contributed by atoms with Gasteiger partial charge in [-0.1, -0.05) is 12.1 Å². The third-order valence-corrected chi connectivity index (χ3v) is 3.28. The summed E-state index contributed by atoms with van der Waals surface area (Å²) in [5.74, 6) is -0.395. The van der Waals surface area contributed by atoms with Gasteiger partial charge >= 0.3 is 0 Å². The molecule has 0 bridgehead atoms. The van der Waals surface area contributed by atoms with Gasteiger partial charge in [-0.2, -0.15) is 0 Å². The number of amides is 1. The van der Waals surface area contributed by atoms with E-state index in [1.54, 1.807) is 29.2 Å². The largest absolute Gasteiger partial charge is 0.389 e. The molecular weight excluding hydrogens is 260 g/mol. The van der Waals surface area contributed by atoms with E-state index in [1.807, 2.05) is 0 Å². The quantitative estimate of drug-likeness (QED) is 0.667. The van der Waals surface area contributed by atoms with Gasteiger partial charge in [-0.15, -0.1) is 0 Å². The Morgan fingerprint density at radius 1 is 1.25 bits per heavy atom. The maximum Gasteiger partial charge on any atom is 0.238 e. The van der Waals surface area contributed by atoms with E-state index >= 15 is 0 Å². The predicted molar refractivity (Wildman–Crippen MR) is 73.5 cm³/mol. The molecule has 6 nitrogen and oxygen atoms in total. The maximum atomic E-state index is 11.9. The Hall–Kier alpha value is -1.76. The van der Waals surface area contributed by atoms with Crippen molar-refractivity contribution in [3.8, 4) is 0 Å². The average molecular weight is 278 g/mol. The molecule has 0 radical (unpaired) electrons. The van der Waals surface area contributed by atoms with Gasteiger partial charge in [-0.25, -0.2) is 0 Å². The standard InChI is InChI=1S/C14H18N2O4/c1-9(17)10-4-2-3-5-11(10)15-14(20)8-16-6-12(18)13(19)7-16/h2-5,12-13,18-19H,6-8H2,1H3,(H,15,20)/t12-,13+. The van der Waals surface area contributed by atoms with Crippen molar-refractivity contribution >= 4 is 17.4 Å². The fourth-order valence-corrected chi connectivity index (χ4v) is 2.27. The number of benzene rings is 1. The lowest BCUT2D eigenvalue weighted by molar-refractivity contribution is -0.117. The fraction of sp³-hybridized carbons (Fsp3) is 0.429. The van der Waals surface area contributed by atoms with Crippen LogP contribution in [0.5, 0.6) is 0 Å². The van der Waals surface area contributed by atoms with Gasteiger partial charge < -0.3 is 15.5 Å². The third-order valence-electron chi connectivity index (χ3n) is 3.28. The number of carbonyl (C=O) groups excluding carboxylic acids is 2. The second-order valence-electron chi connectivity index (χ2n) is 4.98. The monoisotopic (exact) mass is 278 g/mol. The van der Waals surface area contributed by atoms with E-state index in [0.717, 1.165) is 0 Å². The summed E-state index contributed by atoms with van der Waals surface area (Å²) in [4.78, 5) is 25.0. The molecule has 20 heavy (non-hydrogen) atoms. The van der Waals surface area contributed by atoms with E-state index in [9.17, 15) is 19.8 Å². The first-order valence-electron chi connectivity index (χ1n) is 6.45. The predicted octanol–water partition coefficient (Wildman–Crippen LogP) is -0.135. The van der Waals surface area contributed by atoms with Crippen molar-refractivity contribution in [1.29, 1.82) is 0 Å². The summed E-state index contributed by atoms with van der Waals surface area (Å²) in [6.45, 7) is 2.05. The molecule has 0 spiro atoms. The van der Waals surface area contributed by atoms with Crippen LogP contribution < -0.4 is 5.32 Å². The summed E-state index contributed by atoms with van der Waals surface area (Å²) >= 11 is 0. The van der Waals surface area contributed by atoms with Gasteiger partial charge in [0.25, 0.3) is 0 Å². The van der Waals surface area contributed by atoms with Gasteiger partial charge in [0.2, 0.25) is 5.91 Å². The van der Waals surface area contributed by atoms with Crippen LogP contribution >= 0.6 is 0 Å². The van der Waals surface area contributed by atoms with Crippen LogP contribution in [0.3, 0.4) is 0 Å². The molecule has 2 atom stereocenters. The topological polar surface area (TPSA) is 89.9 Å². The Labute approximate surface area is 117 Å². The van der Waals surface area contributed by atoms with Crippen LogP contribution in [0.2, 0.25) is 0 Å². The summed E-state index contributed by atoms with van der Waals surface area (Å²) in [5.41, 5.74) is 0.938. The lowest BCUT2D eigenvalue weighted by Gasteiger charge is -2.15. The number of hydrogen-bond acceptors (Lipinski definition) is 5. The summed E-state index contributed by atoms with van der Waals surface area (Å²) in [5, 5.41) is 21.5. The van der Waals surface area contributed by atoms with Crippen LogP contribution in [0.25, 0.3) is 0 Å². The van der Waals surface area contributed by atoms with Crippen molar-refractivity contribution in [3.05, 3.63) is 29.8 Å². The van der Waals surface area contributed by atoms with Crippen LogP contribution in [0.4, 0.5) is 5.69 Å². The highest BCUT2D eigenvalue weighted by Gasteiger charge is 2.30. The molecule has 1 saturated heterocycles. The molecule has 1 amide bonds. The summed E-state index contributed by atoms with van der Waals surface area (Å²) < 4.78 is 0. The summed E-state index contributed by atoms with van der Waals surface area (Å²) in [7, 11) is 0. The number of nitrogens with one attached hydrogen (secondary N) is 1. The molecule has 1 aliphatic rings. The SMILES string of the molecule is CC(=O)c1ccccc1NC(=O)CN1C[C@@H](O)[C@@H](O)C1. The third kappa shape index (κ3) is 3.41. The molecule has 0 unspecified atom stereocenters. The Bertz CT molecular complexity index is 508. The van der Waals surface area contributed by atoms with E-state index in [4.69, 9.17) is 0 Å². The van der Waals surface area contributed by atoms with E-state index in [2.05, 4.69) is 5.32 Å². The number of β-amino-alcohol motifs (C(OH)–C–C–N with tert-alkyl or cyclic N) is 2. The van der Waals surface area contributed by atoms with Crippen LogP contribution in [0.1, 0.15) is 17.3 Å². The number of rotatable bonds is 4. The van der Waals surface area contributed by atoms with Crippen LogP contribution in [-0.2, 0) is 4.79 Å². The summed E-state index contributed by atoms with van der Waals surface area (Å²) in [6, 6.07) is 6.80. The molecular formula is C14H18N2O4. The van der Waals surface area contributed by atoms with Gasteiger partial charge in [-0.3, -0.25) is 14.5 Å². The van der Waals surface area contributed by atoms with E-state index in [-0.39, 0.29) is 31.3 Å². The van der Waals surface area contributed by atoms with Gasteiger partial charge in [0.15, 0.2) is 5.78 Å². The molecule has 1 heterocycles. The van der Waals surface area contributed by atoms with Crippen LogP contribution in [0, 0.1) is 0 Å². The fourth-order valence-electron chi connectivity index (χ4n) is 2.27. The zero-order chi connectivity index (χ0) is 14.7. The number of anilines is 1. The molecule has 1 aromatic rings. The average Bonchev–Trinajstić information content (AvgIpc) is 2.68. The number of carbonyl (C=O) groups is 2.